The average Bonchev–Trinajstić information content (AvgIpc) is 3.28. The van der Waals surface area contributed by atoms with Crippen molar-refractivity contribution in [3.8, 4) is 39.6 Å². The maximum absolute atomic E-state index is 12.8. The van der Waals surface area contributed by atoms with E-state index in [1.54, 1.807) is 30.3 Å². The third-order valence-corrected chi connectivity index (χ3v) is 5.25. The molecule has 5 rings (SSSR count). The van der Waals surface area contributed by atoms with Gasteiger partial charge in [0.25, 0.3) is 5.91 Å². The number of benzene rings is 4. The van der Waals surface area contributed by atoms with Gasteiger partial charge >= 0.3 is 0 Å². The minimum atomic E-state index is -0.281. The summed E-state index contributed by atoms with van der Waals surface area (Å²) in [5.41, 5.74) is 4.33. The molecule has 33 heavy (non-hydrogen) atoms. The minimum Gasteiger partial charge on any atom is -0.508 e. The topological polar surface area (TPSA) is 75.4 Å². The monoisotopic (exact) mass is 432 g/mol. The van der Waals surface area contributed by atoms with Crippen molar-refractivity contribution in [1.82, 2.24) is 4.98 Å². The van der Waals surface area contributed by atoms with Gasteiger partial charge in [0.1, 0.15) is 11.4 Å². The molecule has 0 fully saturated rings. The predicted molar refractivity (Wildman–Crippen MR) is 129 cm³/mol. The van der Waals surface area contributed by atoms with Crippen molar-refractivity contribution in [3.05, 3.63) is 115 Å². The lowest BCUT2D eigenvalue weighted by molar-refractivity contribution is 0.102. The van der Waals surface area contributed by atoms with E-state index in [9.17, 15) is 9.90 Å². The Morgan fingerprint density at radius 1 is 0.727 bits per heavy atom. The number of hydrogen-bond acceptors (Lipinski definition) is 4. The Labute approximate surface area is 191 Å². The molecule has 0 aliphatic rings. The quantitative estimate of drug-likeness (QED) is 0.327. The molecule has 5 aromatic rings. The predicted octanol–water partition coefficient (Wildman–Crippen LogP) is 6.63. The van der Waals surface area contributed by atoms with Crippen LogP contribution in [-0.4, -0.2) is 16.0 Å². The van der Waals surface area contributed by atoms with Crippen LogP contribution in [0.1, 0.15) is 10.4 Å². The van der Waals surface area contributed by atoms with Gasteiger partial charge in [-0.2, -0.15) is 0 Å². The molecule has 5 nitrogen and oxygen atoms in total. The lowest BCUT2D eigenvalue weighted by Crippen LogP contribution is -2.11. The Morgan fingerprint density at radius 3 is 2.09 bits per heavy atom. The van der Waals surface area contributed by atoms with Gasteiger partial charge in [0.05, 0.1) is 0 Å². The van der Waals surface area contributed by atoms with Crippen LogP contribution in [0.15, 0.2) is 114 Å². The van der Waals surface area contributed by atoms with Crippen molar-refractivity contribution >= 4 is 11.8 Å². The summed E-state index contributed by atoms with van der Waals surface area (Å²) in [5.74, 6) is 0.541. The van der Waals surface area contributed by atoms with Gasteiger partial charge in [0.15, 0.2) is 0 Å². The molecule has 1 aromatic heterocycles. The molecule has 5 heteroatoms. The standard InChI is InChI=1S/C28H20N2O3/c31-22-15-9-14-21(18-22)23-16-7-8-17-24(23)27-29-25(19-10-3-1-4-11-19)28(33-27)30-26(32)20-12-5-2-6-13-20/h1-18,31H,(H,30,32). The first-order valence-electron chi connectivity index (χ1n) is 10.5. The molecule has 1 amide bonds. The number of carbonyl (C=O) groups excluding carboxylic acids is 1. The second kappa shape index (κ2) is 8.85. The van der Waals surface area contributed by atoms with Crippen LogP contribution in [0.2, 0.25) is 0 Å². The Bertz CT molecular complexity index is 1410. The Morgan fingerprint density at radius 2 is 1.36 bits per heavy atom. The number of oxazole rings is 1. The van der Waals surface area contributed by atoms with Gasteiger partial charge in [-0.1, -0.05) is 78.9 Å². The lowest BCUT2D eigenvalue weighted by atomic mass is 9.99. The van der Waals surface area contributed by atoms with Crippen molar-refractivity contribution in [2.24, 2.45) is 0 Å². The minimum absolute atomic E-state index is 0.176. The van der Waals surface area contributed by atoms with Crippen molar-refractivity contribution in [3.63, 3.8) is 0 Å². The Kier molecular flexibility index (Phi) is 5.43. The van der Waals surface area contributed by atoms with Crippen LogP contribution in [0, 0.1) is 0 Å². The number of carbonyl (C=O) groups is 1. The molecular weight excluding hydrogens is 412 g/mol. The van der Waals surface area contributed by atoms with Crippen molar-refractivity contribution in [2.45, 2.75) is 0 Å². The van der Waals surface area contributed by atoms with E-state index in [4.69, 9.17) is 9.40 Å². The molecule has 0 aliphatic carbocycles. The highest BCUT2D eigenvalue weighted by molar-refractivity contribution is 6.05. The number of anilines is 1. The molecule has 0 atom stereocenters. The van der Waals surface area contributed by atoms with Crippen LogP contribution in [-0.2, 0) is 0 Å². The van der Waals surface area contributed by atoms with Crippen LogP contribution in [0.5, 0.6) is 5.75 Å². The smallest absolute Gasteiger partial charge is 0.258 e. The number of nitrogens with one attached hydrogen (secondary N) is 1. The summed E-state index contributed by atoms with van der Waals surface area (Å²) in [5, 5.41) is 12.8. The molecule has 160 valence electrons. The fourth-order valence-corrected chi connectivity index (χ4v) is 3.67. The van der Waals surface area contributed by atoms with E-state index in [1.807, 2.05) is 78.9 Å². The molecule has 0 saturated heterocycles. The molecular formula is C28H20N2O3. The van der Waals surface area contributed by atoms with E-state index in [2.05, 4.69) is 5.32 Å². The normalized spacial score (nSPS) is 10.7. The fraction of sp³-hybridized carbons (Fsp3) is 0. The van der Waals surface area contributed by atoms with Gasteiger partial charge in [0, 0.05) is 16.7 Å². The maximum atomic E-state index is 12.8. The summed E-state index contributed by atoms with van der Waals surface area (Å²) in [6, 6.07) is 33.2. The van der Waals surface area contributed by atoms with E-state index >= 15 is 0 Å². The summed E-state index contributed by atoms with van der Waals surface area (Å²) in [6.07, 6.45) is 0. The highest BCUT2D eigenvalue weighted by atomic mass is 16.4. The molecule has 1 heterocycles. The maximum Gasteiger partial charge on any atom is 0.258 e. The lowest BCUT2D eigenvalue weighted by Gasteiger charge is -2.07. The van der Waals surface area contributed by atoms with Crippen LogP contribution < -0.4 is 5.32 Å². The zero-order valence-electron chi connectivity index (χ0n) is 17.6. The van der Waals surface area contributed by atoms with E-state index in [1.165, 1.54) is 0 Å². The van der Waals surface area contributed by atoms with Gasteiger partial charge in [-0.15, -0.1) is 0 Å². The number of aromatic hydroxyl groups is 1. The van der Waals surface area contributed by atoms with Gasteiger partial charge in [-0.05, 0) is 41.5 Å². The van der Waals surface area contributed by atoms with E-state index in [-0.39, 0.29) is 17.5 Å². The van der Waals surface area contributed by atoms with E-state index < -0.39 is 0 Å². The number of phenolic OH excluding ortho intramolecular Hbond substituents is 1. The second-order valence-electron chi connectivity index (χ2n) is 7.48. The van der Waals surface area contributed by atoms with Crippen molar-refractivity contribution < 1.29 is 14.3 Å². The highest BCUT2D eigenvalue weighted by Gasteiger charge is 2.21. The average molecular weight is 432 g/mol. The summed E-state index contributed by atoms with van der Waals surface area (Å²) < 4.78 is 6.13. The second-order valence-corrected chi connectivity index (χ2v) is 7.48. The van der Waals surface area contributed by atoms with Crippen LogP contribution in [0.25, 0.3) is 33.8 Å². The van der Waals surface area contributed by atoms with Crippen molar-refractivity contribution in [1.29, 1.82) is 0 Å². The molecule has 0 bridgehead atoms. The Hall–Kier alpha value is -4.64. The highest BCUT2D eigenvalue weighted by Crippen LogP contribution is 2.38. The molecule has 0 spiro atoms. The third-order valence-electron chi connectivity index (χ3n) is 5.25. The molecule has 2 N–H and O–H groups in total. The van der Waals surface area contributed by atoms with Gasteiger partial charge in [0.2, 0.25) is 11.8 Å². The number of aromatic nitrogens is 1. The van der Waals surface area contributed by atoms with Crippen LogP contribution >= 0.6 is 0 Å². The van der Waals surface area contributed by atoms with Gasteiger partial charge < -0.3 is 9.52 Å². The van der Waals surface area contributed by atoms with Gasteiger partial charge in [-0.25, -0.2) is 4.98 Å². The Balaban J connectivity index is 1.61. The van der Waals surface area contributed by atoms with E-state index in [0.29, 0.717) is 17.1 Å². The van der Waals surface area contributed by atoms with Gasteiger partial charge in [-0.3, -0.25) is 10.1 Å². The molecule has 0 radical (unpaired) electrons. The number of nitrogens with zero attached hydrogens (tertiary/aromatic N) is 1. The van der Waals surface area contributed by atoms with Crippen LogP contribution in [0.4, 0.5) is 5.88 Å². The first-order chi connectivity index (χ1) is 16.2. The first-order valence-corrected chi connectivity index (χ1v) is 10.5. The largest absolute Gasteiger partial charge is 0.508 e. The van der Waals surface area contributed by atoms with E-state index in [0.717, 1.165) is 22.3 Å². The molecule has 0 saturated carbocycles. The molecule has 4 aromatic carbocycles. The summed E-state index contributed by atoms with van der Waals surface area (Å²) in [4.78, 5) is 17.6. The number of phenols is 1. The summed E-state index contributed by atoms with van der Waals surface area (Å²) >= 11 is 0. The summed E-state index contributed by atoms with van der Waals surface area (Å²) in [7, 11) is 0. The summed E-state index contributed by atoms with van der Waals surface area (Å²) in [6.45, 7) is 0. The molecule has 0 unspecified atom stereocenters. The third kappa shape index (κ3) is 4.25. The fourth-order valence-electron chi connectivity index (χ4n) is 3.67. The zero-order valence-corrected chi connectivity index (χ0v) is 17.6. The zero-order chi connectivity index (χ0) is 22.6. The number of hydrogen-bond donors (Lipinski definition) is 2. The number of amides is 1. The first kappa shape index (κ1) is 20.3. The molecule has 0 aliphatic heterocycles. The van der Waals surface area contributed by atoms with Crippen molar-refractivity contribution in [2.75, 3.05) is 5.32 Å². The number of rotatable bonds is 5. The van der Waals surface area contributed by atoms with Crippen LogP contribution in [0.3, 0.4) is 0 Å². The SMILES string of the molecule is O=C(Nc1oc(-c2ccccc2-c2cccc(O)c2)nc1-c1ccccc1)c1ccccc1.